The van der Waals surface area contributed by atoms with E-state index in [1.54, 1.807) is 28.4 Å². The van der Waals surface area contributed by atoms with Crippen molar-refractivity contribution in [3.05, 3.63) is 77.5 Å². The van der Waals surface area contributed by atoms with Crippen LogP contribution in [0, 0.1) is 0 Å². The minimum absolute atomic E-state index is 0.432. The molecule has 3 aromatic carbocycles. The number of carbonyl (C=O) groups excluding carboxylic acids is 1. The van der Waals surface area contributed by atoms with Crippen molar-refractivity contribution in [1.29, 1.82) is 0 Å². The molecule has 248 valence electrons. The van der Waals surface area contributed by atoms with Crippen molar-refractivity contribution < 1.29 is 28.5 Å². The molecule has 1 saturated heterocycles. The number of piperidine rings is 1. The molecule has 1 aromatic heterocycles. The molecule has 0 saturated carbocycles. The van der Waals surface area contributed by atoms with Gasteiger partial charge in [0, 0.05) is 47.7 Å². The van der Waals surface area contributed by atoms with Gasteiger partial charge in [-0.3, -0.25) is 4.90 Å². The Balaban J connectivity index is 1.26. The molecule has 2 amide bonds. The molecule has 1 unspecified atom stereocenters. The number of amides is 2. The third-order valence-electron chi connectivity index (χ3n) is 9.01. The van der Waals surface area contributed by atoms with Crippen LogP contribution in [0.2, 0.25) is 0 Å². The minimum Gasteiger partial charge on any atom is -0.497 e. The van der Waals surface area contributed by atoms with Crippen LogP contribution in [0.4, 0.5) is 4.79 Å². The first-order valence-corrected chi connectivity index (χ1v) is 16.0. The molecule has 0 bridgehead atoms. The van der Waals surface area contributed by atoms with E-state index in [0.717, 1.165) is 58.7 Å². The quantitative estimate of drug-likeness (QED) is 0.208. The first-order valence-electron chi connectivity index (χ1n) is 16.0. The van der Waals surface area contributed by atoms with Gasteiger partial charge in [0.2, 0.25) is 5.75 Å². The Morgan fingerprint density at radius 3 is 2.21 bits per heavy atom. The average Bonchev–Trinajstić information content (AvgIpc) is 3.70. The summed E-state index contributed by atoms with van der Waals surface area (Å²) in [6, 6.07) is 16.8. The highest BCUT2D eigenvalue weighted by Gasteiger charge is 2.35. The van der Waals surface area contributed by atoms with Gasteiger partial charge in [0.25, 0.3) is 0 Å². The van der Waals surface area contributed by atoms with E-state index in [9.17, 15) is 4.79 Å². The van der Waals surface area contributed by atoms with Gasteiger partial charge in [-0.15, -0.1) is 0 Å². The van der Waals surface area contributed by atoms with Gasteiger partial charge in [0.15, 0.2) is 11.5 Å². The molecule has 3 heterocycles. The largest absolute Gasteiger partial charge is 0.497 e. The monoisotopic (exact) mass is 641 g/mol. The van der Waals surface area contributed by atoms with Crippen molar-refractivity contribution in [2.24, 2.45) is 10.8 Å². The highest BCUT2D eigenvalue weighted by atomic mass is 16.5. The fraction of sp³-hybridized carbons (Fsp3) is 0.389. The molecule has 0 aliphatic carbocycles. The summed E-state index contributed by atoms with van der Waals surface area (Å²) < 4.78 is 30.5. The molecular weight excluding hydrogens is 598 g/mol. The predicted molar refractivity (Wildman–Crippen MR) is 181 cm³/mol. The van der Waals surface area contributed by atoms with Crippen LogP contribution in [0.1, 0.15) is 48.4 Å². The van der Waals surface area contributed by atoms with Gasteiger partial charge in [-0.05, 0) is 74.0 Å². The van der Waals surface area contributed by atoms with Crippen LogP contribution in [-0.4, -0.2) is 80.9 Å². The number of carbonyl (C=O) groups is 1. The van der Waals surface area contributed by atoms with Crippen molar-refractivity contribution in [2.45, 2.75) is 38.3 Å². The molecule has 11 heteroatoms. The second-order valence-electron chi connectivity index (χ2n) is 11.9. The normalized spacial score (nSPS) is 16.6. The number of nitrogens with zero attached hydrogens (tertiary/aromatic N) is 4. The Morgan fingerprint density at radius 2 is 1.57 bits per heavy atom. The topological polar surface area (TPSA) is 113 Å². The number of rotatable bonds is 12. The highest BCUT2D eigenvalue weighted by molar-refractivity contribution is 6.04. The molecule has 0 spiro atoms. The number of hydrazone groups is 1. The van der Waals surface area contributed by atoms with Gasteiger partial charge in [0.05, 0.1) is 40.2 Å². The smallest absolute Gasteiger partial charge is 0.335 e. The molecule has 2 aliphatic heterocycles. The lowest BCUT2D eigenvalue weighted by Gasteiger charge is -2.26. The number of hydrogen-bond acceptors (Lipinski definition) is 8. The summed E-state index contributed by atoms with van der Waals surface area (Å²) in [6.45, 7) is 4.60. The lowest BCUT2D eigenvalue weighted by Crippen LogP contribution is -2.33. The van der Waals surface area contributed by atoms with E-state index in [-0.39, 0.29) is 0 Å². The SMILES string of the molecule is COc1ccc2c(c1)c(C1CC(c3cc(OC)c(OC)c(OC)c3)=NN1C(N)=O)cn2Cc1ccc(OCCN2CCCCC2)cc1. The Kier molecular flexibility index (Phi) is 9.72. The summed E-state index contributed by atoms with van der Waals surface area (Å²) in [5.74, 6) is 3.06. The van der Waals surface area contributed by atoms with E-state index in [0.29, 0.717) is 42.5 Å². The van der Waals surface area contributed by atoms with E-state index in [1.165, 1.54) is 24.3 Å². The number of hydrogen-bond donors (Lipinski definition) is 1. The summed E-state index contributed by atoms with van der Waals surface area (Å²) >= 11 is 0. The summed E-state index contributed by atoms with van der Waals surface area (Å²) in [4.78, 5) is 15.3. The average molecular weight is 642 g/mol. The lowest BCUT2D eigenvalue weighted by atomic mass is 9.97. The van der Waals surface area contributed by atoms with Crippen LogP contribution >= 0.6 is 0 Å². The van der Waals surface area contributed by atoms with E-state index < -0.39 is 12.1 Å². The number of aromatic nitrogens is 1. The van der Waals surface area contributed by atoms with Gasteiger partial charge in [-0.2, -0.15) is 5.10 Å². The molecule has 6 rings (SSSR count). The Hall–Kier alpha value is -4.90. The van der Waals surface area contributed by atoms with Crippen LogP contribution in [0.15, 0.2) is 65.9 Å². The molecule has 2 aliphatic rings. The van der Waals surface area contributed by atoms with Crippen molar-refractivity contribution in [1.82, 2.24) is 14.5 Å². The van der Waals surface area contributed by atoms with Gasteiger partial charge in [-0.1, -0.05) is 18.6 Å². The summed E-state index contributed by atoms with van der Waals surface area (Å²) in [6.07, 6.45) is 6.40. The summed E-state index contributed by atoms with van der Waals surface area (Å²) in [7, 11) is 6.33. The number of methoxy groups -OCH3 is 4. The Bertz CT molecular complexity index is 1720. The van der Waals surface area contributed by atoms with E-state index in [2.05, 4.69) is 27.8 Å². The predicted octanol–water partition coefficient (Wildman–Crippen LogP) is 5.82. The first-order chi connectivity index (χ1) is 22.9. The molecule has 1 atom stereocenters. The van der Waals surface area contributed by atoms with Crippen molar-refractivity contribution in [3.63, 3.8) is 0 Å². The van der Waals surface area contributed by atoms with E-state index in [4.69, 9.17) is 34.5 Å². The third kappa shape index (κ3) is 6.80. The standard InChI is InChI=1S/C36H43N5O6/c1-43-27-12-13-31-28(20-27)29(23-40(31)22-24-8-10-26(11-9-24)47-17-16-39-14-6-5-7-15-39)32-21-30(38-41(32)36(37)42)25-18-33(44-2)35(46-4)34(19-25)45-3/h8-13,18-20,23,32H,5-7,14-17,21-22H2,1-4H3,(H2,37,42). The third-order valence-corrected chi connectivity index (χ3v) is 9.01. The molecule has 0 radical (unpaired) electrons. The number of urea groups is 1. The minimum atomic E-state index is -0.642. The fourth-order valence-corrected chi connectivity index (χ4v) is 6.57. The zero-order chi connectivity index (χ0) is 32.9. The van der Waals surface area contributed by atoms with Crippen LogP contribution in [0.5, 0.6) is 28.7 Å². The van der Waals surface area contributed by atoms with Crippen LogP contribution < -0.4 is 29.4 Å². The van der Waals surface area contributed by atoms with Crippen LogP contribution in [-0.2, 0) is 6.54 Å². The number of likely N-dealkylation sites (tertiary alicyclic amines) is 1. The number of nitrogens with two attached hydrogens (primary N) is 1. The van der Waals surface area contributed by atoms with Gasteiger partial charge in [-0.25, -0.2) is 9.80 Å². The Labute approximate surface area is 275 Å². The number of fused-ring (bicyclic) bond motifs is 1. The van der Waals surface area contributed by atoms with Gasteiger partial charge in [0.1, 0.15) is 18.1 Å². The summed E-state index contributed by atoms with van der Waals surface area (Å²) in [5.41, 5.74) is 10.4. The second-order valence-corrected chi connectivity index (χ2v) is 11.9. The first kappa shape index (κ1) is 32.1. The molecular formula is C36H43N5O6. The fourth-order valence-electron chi connectivity index (χ4n) is 6.57. The van der Waals surface area contributed by atoms with Crippen LogP contribution in [0.3, 0.4) is 0 Å². The Morgan fingerprint density at radius 1 is 0.872 bits per heavy atom. The lowest BCUT2D eigenvalue weighted by molar-refractivity contribution is 0.183. The van der Waals surface area contributed by atoms with Crippen molar-refractivity contribution in [2.75, 3.05) is 54.7 Å². The van der Waals surface area contributed by atoms with Crippen molar-refractivity contribution in [3.8, 4) is 28.7 Å². The van der Waals surface area contributed by atoms with Crippen molar-refractivity contribution >= 4 is 22.6 Å². The van der Waals surface area contributed by atoms with Gasteiger partial charge >= 0.3 is 6.03 Å². The number of ether oxygens (including phenoxy) is 5. The zero-order valence-electron chi connectivity index (χ0n) is 27.5. The molecule has 4 aromatic rings. The molecule has 1 fully saturated rings. The number of benzene rings is 3. The van der Waals surface area contributed by atoms with Gasteiger partial charge < -0.3 is 34.0 Å². The molecule has 47 heavy (non-hydrogen) atoms. The maximum atomic E-state index is 12.8. The van der Waals surface area contributed by atoms with E-state index in [1.807, 2.05) is 42.5 Å². The maximum Gasteiger partial charge on any atom is 0.335 e. The number of primary amides is 1. The zero-order valence-corrected chi connectivity index (χ0v) is 27.5. The highest BCUT2D eigenvalue weighted by Crippen LogP contribution is 2.42. The molecule has 11 nitrogen and oxygen atoms in total. The molecule has 2 N–H and O–H groups in total. The maximum absolute atomic E-state index is 12.8. The van der Waals surface area contributed by atoms with E-state index >= 15 is 0 Å². The van der Waals surface area contributed by atoms with Crippen LogP contribution in [0.25, 0.3) is 10.9 Å². The second kappa shape index (κ2) is 14.3. The summed E-state index contributed by atoms with van der Waals surface area (Å²) in [5, 5.41) is 7.01.